The molecular weight excluding hydrogens is 218 g/mol. The summed E-state index contributed by atoms with van der Waals surface area (Å²) < 4.78 is 16.3. The summed E-state index contributed by atoms with van der Waals surface area (Å²) in [5, 5.41) is 1.07. The minimum absolute atomic E-state index is 0.199. The largest absolute Gasteiger partial charge is 0.459 e. The third-order valence-corrected chi connectivity index (χ3v) is 2.93. The van der Waals surface area contributed by atoms with E-state index < -0.39 is 0 Å². The van der Waals surface area contributed by atoms with E-state index in [4.69, 9.17) is 19.6 Å². The highest BCUT2D eigenvalue weighted by molar-refractivity contribution is 5.77. The molecule has 2 N–H and O–H groups in total. The second-order valence-electron chi connectivity index (χ2n) is 4.29. The highest BCUT2D eigenvalue weighted by Gasteiger charge is 2.21. The van der Waals surface area contributed by atoms with Crippen LogP contribution in [0.2, 0.25) is 0 Å². The topological polar surface area (TPSA) is 57.6 Å². The second kappa shape index (κ2) is 4.49. The molecule has 0 radical (unpaired) electrons. The van der Waals surface area contributed by atoms with Gasteiger partial charge < -0.3 is 19.6 Å². The first-order valence-corrected chi connectivity index (χ1v) is 5.76. The van der Waals surface area contributed by atoms with Gasteiger partial charge in [-0.3, -0.25) is 0 Å². The first-order valence-electron chi connectivity index (χ1n) is 5.76. The summed E-state index contributed by atoms with van der Waals surface area (Å²) in [4.78, 5) is 0. The molecule has 1 atom stereocenters. The summed E-state index contributed by atoms with van der Waals surface area (Å²) in [6, 6.07) is 9.63. The van der Waals surface area contributed by atoms with Gasteiger partial charge in [0.1, 0.15) is 17.4 Å². The quantitative estimate of drug-likeness (QED) is 0.875. The van der Waals surface area contributed by atoms with Crippen LogP contribution in [0.1, 0.15) is 11.8 Å². The smallest absolute Gasteiger partial charge is 0.134 e. The first kappa shape index (κ1) is 10.8. The van der Waals surface area contributed by atoms with E-state index in [-0.39, 0.29) is 12.1 Å². The van der Waals surface area contributed by atoms with E-state index in [1.165, 1.54) is 0 Å². The maximum absolute atomic E-state index is 6.03. The Bertz CT molecular complexity index is 471. The third-order valence-electron chi connectivity index (χ3n) is 2.93. The van der Waals surface area contributed by atoms with Crippen molar-refractivity contribution in [1.82, 2.24) is 0 Å². The molecule has 0 saturated carbocycles. The van der Waals surface area contributed by atoms with Gasteiger partial charge in [0, 0.05) is 5.39 Å². The molecule has 2 heterocycles. The maximum atomic E-state index is 6.03. The number of furan rings is 1. The number of fused-ring (bicyclic) bond motifs is 1. The van der Waals surface area contributed by atoms with Crippen molar-refractivity contribution in [3.63, 3.8) is 0 Å². The number of hydrogen-bond donors (Lipinski definition) is 1. The number of para-hydroxylation sites is 1. The van der Waals surface area contributed by atoms with E-state index in [1.807, 2.05) is 30.3 Å². The lowest BCUT2D eigenvalue weighted by atomic mass is 10.2. The molecule has 90 valence electrons. The number of rotatable bonds is 4. The molecule has 0 bridgehead atoms. The summed E-state index contributed by atoms with van der Waals surface area (Å²) in [5.74, 6) is 0.770. The van der Waals surface area contributed by atoms with E-state index in [2.05, 4.69) is 0 Å². The molecule has 3 rings (SSSR count). The maximum Gasteiger partial charge on any atom is 0.134 e. The highest BCUT2D eigenvalue weighted by Crippen LogP contribution is 2.23. The van der Waals surface area contributed by atoms with Crippen molar-refractivity contribution in [2.24, 2.45) is 5.73 Å². The summed E-state index contributed by atoms with van der Waals surface area (Å²) in [6.07, 6.45) is 0.199. The molecule has 0 aliphatic carbocycles. The van der Waals surface area contributed by atoms with Crippen LogP contribution < -0.4 is 5.73 Å². The van der Waals surface area contributed by atoms with Crippen molar-refractivity contribution in [2.45, 2.75) is 12.1 Å². The van der Waals surface area contributed by atoms with Crippen molar-refractivity contribution in [2.75, 3.05) is 19.8 Å². The van der Waals surface area contributed by atoms with E-state index >= 15 is 0 Å². The minimum Gasteiger partial charge on any atom is -0.459 e. The van der Waals surface area contributed by atoms with E-state index in [0.29, 0.717) is 19.8 Å². The molecule has 1 aromatic heterocycles. The minimum atomic E-state index is -0.219. The zero-order valence-electron chi connectivity index (χ0n) is 9.46. The zero-order chi connectivity index (χ0) is 11.7. The Kier molecular flexibility index (Phi) is 2.84. The van der Waals surface area contributed by atoms with Crippen LogP contribution in [0.5, 0.6) is 0 Å². The van der Waals surface area contributed by atoms with Crippen LogP contribution in [0.3, 0.4) is 0 Å². The summed E-state index contributed by atoms with van der Waals surface area (Å²) in [5.41, 5.74) is 6.89. The predicted octanol–water partition coefficient (Wildman–Crippen LogP) is 1.85. The summed E-state index contributed by atoms with van der Waals surface area (Å²) in [6.45, 7) is 1.81. The molecule has 4 heteroatoms. The number of benzene rings is 1. The fraction of sp³-hybridized carbons (Fsp3) is 0.385. The molecule has 1 fully saturated rings. The fourth-order valence-electron chi connectivity index (χ4n) is 1.82. The Balaban J connectivity index is 1.69. The van der Waals surface area contributed by atoms with Crippen LogP contribution in [0.4, 0.5) is 0 Å². The lowest BCUT2D eigenvalue weighted by molar-refractivity contribution is -0.132. The van der Waals surface area contributed by atoms with Gasteiger partial charge in [0.15, 0.2) is 0 Å². The molecule has 1 aliphatic rings. The van der Waals surface area contributed by atoms with Crippen LogP contribution in [-0.4, -0.2) is 25.9 Å². The number of nitrogens with two attached hydrogens (primary N) is 1. The monoisotopic (exact) mass is 233 g/mol. The summed E-state index contributed by atoms with van der Waals surface area (Å²) in [7, 11) is 0. The average molecular weight is 233 g/mol. The normalized spacial score (nSPS) is 18.2. The Morgan fingerprint density at radius 1 is 1.35 bits per heavy atom. The first-order chi connectivity index (χ1) is 8.33. The van der Waals surface area contributed by atoms with Crippen LogP contribution in [-0.2, 0) is 9.47 Å². The fourth-order valence-corrected chi connectivity index (χ4v) is 1.82. The van der Waals surface area contributed by atoms with E-state index in [0.717, 1.165) is 16.7 Å². The molecule has 0 spiro atoms. The van der Waals surface area contributed by atoms with Crippen LogP contribution in [0, 0.1) is 0 Å². The Hall–Kier alpha value is -1.36. The number of hydrogen-bond acceptors (Lipinski definition) is 4. The molecule has 1 aliphatic heterocycles. The molecule has 0 amide bonds. The highest BCUT2D eigenvalue weighted by atomic mass is 16.6. The Labute approximate surface area is 99.3 Å². The van der Waals surface area contributed by atoms with Crippen LogP contribution in [0.15, 0.2) is 34.7 Å². The SMILES string of the molecule is NC(COC1COC1)c1cc2ccccc2o1. The summed E-state index contributed by atoms with van der Waals surface area (Å²) >= 11 is 0. The molecule has 1 aromatic carbocycles. The van der Waals surface area contributed by atoms with Gasteiger partial charge >= 0.3 is 0 Å². The van der Waals surface area contributed by atoms with Gasteiger partial charge in [-0.05, 0) is 12.1 Å². The van der Waals surface area contributed by atoms with Crippen molar-refractivity contribution in [1.29, 1.82) is 0 Å². The molecule has 17 heavy (non-hydrogen) atoms. The van der Waals surface area contributed by atoms with Crippen molar-refractivity contribution < 1.29 is 13.9 Å². The van der Waals surface area contributed by atoms with Gasteiger partial charge in [0.25, 0.3) is 0 Å². The van der Waals surface area contributed by atoms with Crippen LogP contribution in [0.25, 0.3) is 11.0 Å². The third kappa shape index (κ3) is 2.20. The van der Waals surface area contributed by atoms with Gasteiger partial charge in [-0.25, -0.2) is 0 Å². The van der Waals surface area contributed by atoms with Crippen molar-refractivity contribution >= 4 is 11.0 Å². The van der Waals surface area contributed by atoms with E-state index in [9.17, 15) is 0 Å². The Morgan fingerprint density at radius 3 is 2.88 bits per heavy atom. The van der Waals surface area contributed by atoms with Gasteiger partial charge in [0.05, 0.1) is 25.9 Å². The second-order valence-corrected chi connectivity index (χ2v) is 4.29. The average Bonchev–Trinajstić information content (AvgIpc) is 2.70. The van der Waals surface area contributed by atoms with Crippen LogP contribution >= 0.6 is 0 Å². The zero-order valence-corrected chi connectivity index (χ0v) is 9.46. The van der Waals surface area contributed by atoms with E-state index in [1.54, 1.807) is 0 Å². The molecule has 1 saturated heterocycles. The Morgan fingerprint density at radius 2 is 2.18 bits per heavy atom. The molecule has 4 nitrogen and oxygen atoms in total. The van der Waals surface area contributed by atoms with Gasteiger partial charge in [-0.15, -0.1) is 0 Å². The molecule has 2 aromatic rings. The van der Waals surface area contributed by atoms with Gasteiger partial charge in [-0.2, -0.15) is 0 Å². The van der Waals surface area contributed by atoms with Gasteiger partial charge in [-0.1, -0.05) is 18.2 Å². The van der Waals surface area contributed by atoms with Gasteiger partial charge in [0.2, 0.25) is 0 Å². The molecular formula is C13H15NO3. The predicted molar refractivity (Wildman–Crippen MR) is 63.7 cm³/mol. The van der Waals surface area contributed by atoms with Crippen molar-refractivity contribution in [3.8, 4) is 0 Å². The lowest BCUT2D eigenvalue weighted by Gasteiger charge is -2.26. The standard InChI is InChI=1S/C13H15NO3/c14-11(8-16-10-6-15-7-10)13-5-9-3-1-2-4-12(9)17-13/h1-5,10-11H,6-8,14H2. The lowest BCUT2D eigenvalue weighted by Crippen LogP contribution is -2.37. The molecule has 1 unspecified atom stereocenters. The van der Waals surface area contributed by atoms with Crippen molar-refractivity contribution in [3.05, 3.63) is 36.1 Å². The number of ether oxygens (including phenoxy) is 2.